The van der Waals surface area contributed by atoms with Crippen molar-refractivity contribution < 1.29 is 14.3 Å². The van der Waals surface area contributed by atoms with Crippen molar-refractivity contribution in [1.29, 1.82) is 0 Å². The maximum Gasteiger partial charge on any atom is 0.341 e. The highest BCUT2D eigenvalue weighted by Gasteiger charge is 2.17. The van der Waals surface area contributed by atoms with Crippen molar-refractivity contribution >= 4 is 5.97 Å². The third-order valence-corrected chi connectivity index (χ3v) is 2.88. The first-order valence-electron chi connectivity index (χ1n) is 6.61. The van der Waals surface area contributed by atoms with Gasteiger partial charge >= 0.3 is 5.97 Å². The molecule has 0 unspecified atom stereocenters. The fraction of sp³-hybridized carbons (Fsp3) is 0.400. The summed E-state index contributed by atoms with van der Waals surface area (Å²) in [6, 6.07) is 3.53. The zero-order valence-corrected chi connectivity index (χ0v) is 12.7. The van der Waals surface area contributed by atoms with Gasteiger partial charge < -0.3 is 9.47 Å². The van der Waals surface area contributed by atoms with Gasteiger partial charge in [0, 0.05) is 24.0 Å². The second-order valence-electron chi connectivity index (χ2n) is 5.63. The zero-order valence-electron chi connectivity index (χ0n) is 12.7. The lowest BCUT2D eigenvalue weighted by Gasteiger charge is -2.18. The van der Waals surface area contributed by atoms with Gasteiger partial charge in [-0.3, -0.25) is 4.68 Å². The van der Waals surface area contributed by atoms with E-state index in [1.807, 2.05) is 20.8 Å². The molecular formula is C15H19N3O3. The maximum absolute atomic E-state index is 12.0. The van der Waals surface area contributed by atoms with Crippen LogP contribution in [0, 0.1) is 0 Å². The Labute approximate surface area is 123 Å². The van der Waals surface area contributed by atoms with Gasteiger partial charge in [-0.2, -0.15) is 5.10 Å². The lowest BCUT2D eigenvalue weighted by Crippen LogP contribution is -2.22. The monoisotopic (exact) mass is 289 g/mol. The summed E-state index contributed by atoms with van der Waals surface area (Å²) in [4.78, 5) is 16.0. The van der Waals surface area contributed by atoms with E-state index in [2.05, 4.69) is 10.1 Å². The number of carbonyl (C=O) groups is 1. The zero-order chi connectivity index (χ0) is 15.5. The van der Waals surface area contributed by atoms with Crippen LogP contribution in [-0.2, 0) is 16.9 Å². The average Bonchev–Trinajstić information content (AvgIpc) is 2.95. The first-order chi connectivity index (χ1) is 9.90. The number of aromatic nitrogens is 3. The van der Waals surface area contributed by atoms with Crippen LogP contribution >= 0.6 is 0 Å². The Bertz CT molecular complexity index is 612. The van der Waals surface area contributed by atoms with Crippen molar-refractivity contribution in [3.05, 3.63) is 41.9 Å². The number of nitrogens with zero attached hydrogens (tertiary/aromatic N) is 3. The quantitative estimate of drug-likeness (QED) is 0.809. The standard InChI is InChI=1S/C15H19N3O3/c1-15(2,3)18-9-12(8-17-18)14(19)21-10-11-5-6-13(20-4)16-7-11/h5-9H,10H2,1-4H3. The maximum atomic E-state index is 12.0. The molecule has 0 radical (unpaired) electrons. The summed E-state index contributed by atoms with van der Waals surface area (Å²) in [6.07, 6.45) is 4.82. The third-order valence-electron chi connectivity index (χ3n) is 2.88. The van der Waals surface area contributed by atoms with E-state index in [0.29, 0.717) is 11.4 Å². The minimum absolute atomic E-state index is 0.163. The van der Waals surface area contributed by atoms with Crippen LogP contribution in [0.5, 0.6) is 5.88 Å². The van der Waals surface area contributed by atoms with E-state index < -0.39 is 5.97 Å². The molecule has 0 aliphatic carbocycles. The normalized spacial score (nSPS) is 11.2. The van der Waals surface area contributed by atoms with Crippen molar-refractivity contribution in [2.24, 2.45) is 0 Å². The largest absolute Gasteiger partial charge is 0.481 e. The highest BCUT2D eigenvalue weighted by molar-refractivity contribution is 5.88. The number of rotatable bonds is 4. The topological polar surface area (TPSA) is 66.2 Å². The fourth-order valence-electron chi connectivity index (χ4n) is 1.64. The van der Waals surface area contributed by atoms with Crippen molar-refractivity contribution in [2.45, 2.75) is 32.9 Å². The molecule has 0 atom stereocenters. The summed E-state index contributed by atoms with van der Waals surface area (Å²) in [5.41, 5.74) is 1.07. The molecule has 0 N–H and O–H groups in total. The minimum Gasteiger partial charge on any atom is -0.481 e. The van der Waals surface area contributed by atoms with Crippen LogP contribution in [0.2, 0.25) is 0 Å². The number of ether oxygens (including phenoxy) is 2. The Morgan fingerprint density at radius 2 is 2.05 bits per heavy atom. The van der Waals surface area contributed by atoms with Crippen LogP contribution in [0.1, 0.15) is 36.7 Å². The number of pyridine rings is 1. The van der Waals surface area contributed by atoms with Gasteiger partial charge in [-0.05, 0) is 26.8 Å². The van der Waals surface area contributed by atoms with Gasteiger partial charge in [-0.25, -0.2) is 9.78 Å². The van der Waals surface area contributed by atoms with E-state index in [4.69, 9.17) is 9.47 Å². The lowest BCUT2D eigenvalue weighted by atomic mass is 10.1. The van der Waals surface area contributed by atoms with Crippen molar-refractivity contribution in [2.75, 3.05) is 7.11 Å². The molecule has 112 valence electrons. The van der Waals surface area contributed by atoms with Gasteiger partial charge in [-0.1, -0.05) is 0 Å². The smallest absolute Gasteiger partial charge is 0.341 e. The Balaban J connectivity index is 1.96. The number of hydrogen-bond acceptors (Lipinski definition) is 5. The van der Waals surface area contributed by atoms with Crippen LogP contribution in [-0.4, -0.2) is 27.8 Å². The van der Waals surface area contributed by atoms with E-state index in [1.54, 1.807) is 36.3 Å². The molecular weight excluding hydrogens is 270 g/mol. The van der Waals surface area contributed by atoms with Crippen molar-refractivity contribution in [1.82, 2.24) is 14.8 Å². The predicted molar refractivity (Wildman–Crippen MR) is 77.1 cm³/mol. The molecule has 0 aliphatic rings. The molecule has 2 rings (SSSR count). The average molecular weight is 289 g/mol. The van der Waals surface area contributed by atoms with Crippen LogP contribution in [0.4, 0.5) is 0 Å². The van der Waals surface area contributed by atoms with Crippen LogP contribution in [0.15, 0.2) is 30.7 Å². The summed E-state index contributed by atoms with van der Waals surface area (Å²) in [5, 5.41) is 4.17. The fourth-order valence-corrected chi connectivity index (χ4v) is 1.64. The molecule has 0 amide bonds. The number of hydrogen-bond donors (Lipinski definition) is 0. The number of methoxy groups -OCH3 is 1. The molecule has 21 heavy (non-hydrogen) atoms. The predicted octanol–water partition coefficient (Wildman–Crippen LogP) is 2.40. The molecule has 2 aromatic heterocycles. The van der Waals surface area contributed by atoms with E-state index in [1.165, 1.54) is 6.20 Å². The van der Waals surface area contributed by atoms with Gasteiger partial charge in [0.15, 0.2) is 0 Å². The molecule has 6 heteroatoms. The van der Waals surface area contributed by atoms with Gasteiger partial charge in [-0.15, -0.1) is 0 Å². The SMILES string of the molecule is COc1ccc(COC(=O)c2cnn(C(C)(C)C)c2)cn1. The summed E-state index contributed by atoms with van der Waals surface area (Å²) < 4.78 is 11.9. The van der Waals surface area contributed by atoms with Crippen molar-refractivity contribution in [3.63, 3.8) is 0 Å². The van der Waals surface area contributed by atoms with Crippen LogP contribution in [0.25, 0.3) is 0 Å². The number of carbonyl (C=O) groups excluding carboxylic acids is 1. The Morgan fingerprint density at radius 3 is 2.57 bits per heavy atom. The number of esters is 1. The molecule has 2 aromatic rings. The van der Waals surface area contributed by atoms with E-state index >= 15 is 0 Å². The summed E-state index contributed by atoms with van der Waals surface area (Å²) in [5.74, 6) is 0.123. The van der Waals surface area contributed by atoms with Gasteiger partial charge in [0.25, 0.3) is 0 Å². The molecule has 0 saturated carbocycles. The Morgan fingerprint density at radius 1 is 1.29 bits per heavy atom. The molecule has 6 nitrogen and oxygen atoms in total. The second-order valence-corrected chi connectivity index (χ2v) is 5.63. The first-order valence-corrected chi connectivity index (χ1v) is 6.61. The van der Waals surface area contributed by atoms with Gasteiger partial charge in [0.05, 0.1) is 24.4 Å². The van der Waals surface area contributed by atoms with E-state index in [0.717, 1.165) is 5.56 Å². The minimum atomic E-state index is -0.402. The molecule has 0 aromatic carbocycles. The molecule has 0 fully saturated rings. The highest BCUT2D eigenvalue weighted by atomic mass is 16.5. The molecule has 0 aliphatic heterocycles. The molecule has 0 bridgehead atoms. The summed E-state index contributed by atoms with van der Waals surface area (Å²) >= 11 is 0. The lowest BCUT2D eigenvalue weighted by molar-refractivity contribution is 0.0472. The van der Waals surface area contributed by atoms with Crippen LogP contribution in [0.3, 0.4) is 0 Å². The van der Waals surface area contributed by atoms with Gasteiger partial charge in [0.2, 0.25) is 5.88 Å². The van der Waals surface area contributed by atoms with Gasteiger partial charge in [0.1, 0.15) is 6.61 Å². The second kappa shape index (κ2) is 5.95. The van der Waals surface area contributed by atoms with Crippen LogP contribution < -0.4 is 4.74 Å². The van der Waals surface area contributed by atoms with E-state index in [9.17, 15) is 4.79 Å². The summed E-state index contributed by atoms with van der Waals surface area (Å²) in [6.45, 7) is 6.20. The first kappa shape index (κ1) is 15.0. The van der Waals surface area contributed by atoms with E-state index in [-0.39, 0.29) is 12.1 Å². The molecule has 0 saturated heterocycles. The summed E-state index contributed by atoms with van der Waals surface area (Å²) in [7, 11) is 1.55. The van der Waals surface area contributed by atoms with Crippen molar-refractivity contribution in [3.8, 4) is 5.88 Å². The molecule has 0 spiro atoms. The molecule has 2 heterocycles. The highest BCUT2D eigenvalue weighted by Crippen LogP contribution is 2.14. The Hall–Kier alpha value is -2.37. The Kier molecular flexibility index (Phi) is 4.26. The third kappa shape index (κ3) is 3.81.